The van der Waals surface area contributed by atoms with E-state index in [1.54, 1.807) is 0 Å². The van der Waals surface area contributed by atoms with E-state index < -0.39 is 22.5 Å². The second kappa shape index (κ2) is 5.61. The molecule has 0 unspecified atom stereocenters. The first-order valence-corrected chi connectivity index (χ1v) is 7.00. The van der Waals surface area contributed by atoms with Crippen LogP contribution in [0.5, 0.6) is 0 Å². The van der Waals surface area contributed by atoms with E-state index in [4.69, 9.17) is 0 Å². The minimum Gasteiger partial charge on any atom is -0.274 e. The third-order valence-corrected chi connectivity index (χ3v) is 3.54. The van der Waals surface area contributed by atoms with Crippen LogP contribution in [0, 0.1) is 0 Å². The molecular formula is C15H13N5O4. The van der Waals surface area contributed by atoms with Crippen LogP contribution in [0.15, 0.2) is 50.6 Å². The van der Waals surface area contributed by atoms with Crippen molar-refractivity contribution in [1.82, 2.24) is 24.1 Å². The minimum atomic E-state index is -0.661. The van der Waals surface area contributed by atoms with Crippen molar-refractivity contribution >= 4 is 22.1 Å². The third kappa shape index (κ3) is 2.22. The Bertz CT molecular complexity index is 1130. The first-order chi connectivity index (χ1) is 11.5. The molecule has 9 heteroatoms. The van der Waals surface area contributed by atoms with Gasteiger partial charge in [0, 0.05) is 13.1 Å². The molecule has 0 spiro atoms. The monoisotopic (exact) mass is 327 g/mol. The van der Waals surface area contributed by atoms with Gasteiger partial charge in [0.25, 0.3) is 11.1 Å². The molecule has 3 heterocycles. The van der Waals surface area contributed by atoms with Gasteiger partial charge in [0.2, 0.25) is 0 Å². The highest BCUT2D eigenvalue weighted by Gasteiger charge is 2.14. The van der Waals surface area contributed by atoms with Crippen molar-refractivity contribution in [1.29, 1.82) is 0 Å². The number of pyridine rings is 1. The Morgan fingerprint density at radius 1 is 0.875 bits per heavy atom. The maximum atomic E-state index is 12.1. The van der Waals surface area contributed by atoms with Crippen molar-refractivity contribution in [2.24, 2.45) is 0 Å². The largest absolute Gasteiger partial charge is 0.330 e. The molecule has 3 rings (SSSR count). The molecule has 0 aliphatic heterocycles. The highest BCUT2D eigenvalue weighted by atomic mass is 16.2. The van der Waals surface area contributed by atoms with Crippen molar-refractivity contribution in [3.8, 4) is 0 Å². The van der Waals surface area contributed by atoms with Gasteiger partial charge in [0.15, 0.2) is 11.3 Å². The van der Waals surface area contributed by atoms with Gasteiger partial charge in [-0.3, -0.25) is 28.7 Å². The van der Waals surface area contributed by atoms with Crippen LogP contribution in [-0.4, -0.2) is 24.1 Å². The van der Waals surface area contributed by atoms with E-state index in [9.17, 15) is 19.2 Å². The van der Waals surface area contributed by atoms with E-state index in [1.165, 1.54) is 27.4 Å². The lowest BCUT2D eigenvalue weighted by molar-refractivity contribution is 0.747. The van der Waals surface area contributed by atoms with Gasteiger partial charge >= 0.3 is 11.4 Å². The number of fused-ring (bicyclic) bond motifs is 2. The third-order valence-electron chi connectivity index (χ3n) is 3.54. The van der Waals surface area contributed by atoms with Crippen LogP contribution in [0.25, 0.3) is 22.1 Å². The summed E-state index contributed by atoms with van der Waals surface area (Å²) in [5.41, 5.74) is -2.49. The lowest BCUT2D eigenvalue weighted by atomic mass is 10.2. The molecule has 2 N–H and O–H groups in total. The smallest absolute Gasteiger partial charge is 0.274 e. The van der Waals surface area contributed by atoms with Crippen molar-refractivity contribution in [3.63, 3.8) is 0 Å². The van der Waals surface area contributed by atoms with Gasteiger partial charge in [-0.25, -0.2) is 14.6 Å². The van der Waals surface area contributed by atoms with Crippen LogP contribution in [0.1, 0.15) is 0 Å². The topological polar surface area (TPSA) is 123 Å². The Morgan fingerprint density at radius 3 is 1.67 bits per heavy atom. The lowest BCUT2D eigenvalue weighted by Crippen LogP contribution is -2.33. The Hall–Kier alpha value is -3.49. The number of allylic oxidation sites excluding steroid dienone is 2. The standard InChI is InChI=1S/C15H13N5O4/c1-3-5-19-10-8(12(21)17-14(19)23)7-9-11(16-10)20(6-4-2)15(24)18-13(9)22/h3-4,7H,1-2,5-6H2,(H,17,21,23)(H,18,22,24). The van der Waals surface area contributed by atoms with Crippen LogP contribution >= 0.6 is 0 Å². The SMILES string of the molecule is C=CCn1c(=O)[nH]c(=O)c2cc3c(=O)[nH]c(=O)n(CC=C)c3nc21. The minimum absolute atomic E-state index is 0.0678. The zero-order valence-electron chi connectivity index (χ0n) is 12.5. The number of aromatic nitrogens is 5. The van der Waals surface area contributed by atoms with Crippen LogP contribution in [0.2, 0.25) is 0 Å². The molecular weight excluding hydrogens is 314 g/mol. The summed E-state index contributed by atoms with van der Waals surface area (Å²) in [5.74, 6) is 0. The molecule has 0 aromatic carbocycles. The summed E-state index contributed by atoms with van der Waals surface area (Å²) < 4.78 is 2.40. The molecule has 3 aromatic heterocycles. The van der Waals surface area contributed by atoms with E-state index in [1.807, 2.05) is 0 Å². The average molecular weight is 327 g/mol. The number of aromatic amines is 2. The number of nitrogens with zero attached hydrogens (tertiary/aromatic N) is 3. The first kappa shape index (κ1) is 15.4. The van der Waals surface area contributed by atoms with E-state index >= 15 is 0 Å². The van der Waals surface area contributed by atoms with Gasteiger partial charge in [-0.1, -0.05) is 12.2 Å². The zero-order valence-corrected chi connectivity index (χ0v) is 12.5. The van der Waals surface area contributed by atoms with Crippen LogP contribution in [0.4, 0.5) is 0 Å². The van der Waals surface area contributed by atoms with Gasteiger partial charge < -0.3 is 0 Å². The molecule has 122 valence electrons. The predicted molar refractivity (Wildman–Crippen MR) is 89.4 cm³/mol. The summed E-state index contributed by atoms with van der Waals surface area (Å²) in [6.45, 7) is 7.34. The van der Waals surface area contributed by atoms with Crippen molar-refractivity contribution in [2.45, 2.75) is 13.1 Å². The maximum absolute atomic E-state index is 12.1. The number of rotatable bonds is 4. The lowest BCUT2D eigenvalue weighted by Gasteiger charge is -2.10. The molecule has 24 heavy (non-hydrogen) atoms. The molecule has 0 bridgehead atoms. The highest BCUT2D eigenvalue weighted by Crippen LogP contribution is 2.12. The zero-order chi connectivity index (χ0) is 17.4. The molecule has 0 aliphatic rings. The number of hydrogen-bond acceptors (Lipinski definition) is 5. The Balaban J connectivity index is 2.63. The van der Waals surface area contributed by atoms with Crippen molar-refractivity contribution < 1.29 is 0 Å². The summed E-state index contributed by atoms with van der Waals surface area (Å²) in [5, 5.41) is 0.136. The van der Waals surface area contributed by atoms with E-state index in [-0.39, 0.29) is 35.2 Å². The summed E-state index contributed by atoms with van der Waals surface area (Å²) in [7, 11) is 0. The molecule has 0 aliphatic carbocycles. The molecule has 0 amide bonds. The van der Waals surface area contributed by atoms with Gasteiger partial charge in [-0.15, -0.1) is 13.2 Å². The quantitative estimate of drug-likeness (QED) is 0.492. The molecule has 0 atom stereocenters. The van der Waals surface area contributed by atoms with Crippen molar-refractivity contribution in [3.05, 3.63) is 73.1 Å². The van der Waals surface area contributed by atoms with Gasteiger partial charge in [0.05, 0.1) is 10.8 Å². The molecule has 0 fully saturated rings. The Labute approximate surface area is 133 Å². The molecule has 0 radical (unpaired) electrons. The average Bonchev–Trinajstić information content (AvgIpc) is 2.54. The second-order valence-electron chi connectivity index (χ2n) is 5.05. The molecule has 3 aromatic rings. The summed E-state index contributed by atoms with van der Waals surface area (Å²) in [6.07, 6.45) is 2.94. The highest BCUT2D eigenvalue weighted by molar-refractivity contribution is 5.88. The summed E-state index contributed by atoms with van der Waals surface area (Å²) in [4.78, 5) is 56.7. The number of nitrogens with one attached hydrogen (secondary N) is 2. The predicted octanol–water partition coefficient (Wildman–Crippen LogP) is -0.540. The number of hydrogen-bond donors (Lipinski definition) is 2. The van der Waals surface area contributed by atoms with Gasteiger partial charge in [0.1, 0.15) is 0 Å². The Morgan fingerprint density at radius 2 is 1.29 bits per heavy atom. The second-order valence-corrected chi connectivity index (χ2v) is 5.05. The first-order valence-electron chi connectivity index (χ1n) is 7.00. The fourth-order valence-corrected chi connectivity index (χ4v) is 2.49. The summed E-state index contributed by atoms with van der Waals surface area (Å²) >= 11 is 0. The molecule has 0 saturated carbocycles. The van der Waals surface area contributed by atoms with E-state index in [2.05, 4.69) is 28.1 Å². The van der Waals surface area contributed by atoms with Crippen LogP contribution in [0.3, 0.4) is 0 Å². The van der Waals surface area contributed by atoms with E-state index in [0.717, 1.165) is 0 Å². The Kier molecular flexibility index (Phi) is 3.60. The van der Waals surface area contributed by atoms with E-state index in [0.29, 0.717) is 0 Å². The normalized spacial score (nSPS) is 11.0. The molecule has 9 nitrogen and oxygen atoms in total. The molecule has 0 saturated heterocycles. The number of H-pyrrole nitrogens is 2. The van der Waals surface area contributed by atoms with Gasteiger partial charge in [-0.2, -0.15) is 0 Å². The maximum Gasteiger partial charge on any atom is 0.330 e. The van der Waals surface area contributed by atoms with Crippen molar-refractivity contribution in [2.75, 3.05) is 0 Å². The fourth-order valence-electron chi connectivity index (χ4n) is 2.49. The fraction of sp³-hybridized carbons (Fsp3) is 0.133. The van der Waals surface area contributed by atoms with Crippen LogP contribution < -0.4 is 22.5 Å². The summed E-state index contributed by atoms with van der Waals surface area (Å²) in [6, 6.07) is 1.31. The van der Waals surface area contributed by atoms with Crippen LogP contribution in [-0.2, 0) is 13.1 Å². The van der Waals surface area contributed by atoms with Gasteiger partial charge in [-0.05, 0) is 6.07 Å².